The molecule has 4 nitrogen and oxygen atoms in total. The molecule has 2 heterocycles. The number of carbonyl (C=O) groups excluding carboxylic acids is 1. The zero-order valence-corrected chi connectivity index (χ0v) is 15.1. The zero-order valence-electron chi connectivity index (χ0n) is 15.1. The van der Waals surface area contributed by atoms with Gasteiger partial charge in [-0.2, -0.15) is 0 Å². The van der Waals surface area contributed by atoms with Gasteiger partial charge in [0.2, 0.25) is 0 Å². The fraction of sp³-hybridized carbons (Fsp3) is 0.381. The van der Waals surface area contributed by atoms with E-state index in [9.17, 15) is 9.18 Å². The first-order chi connectivity index (χ1) is 12.6. The molecule has 136 valence electrons. The van der Waals surface area contributed by atoms with Gasteiger partial charge < -0.3 is 9.80 Å². The number of carbonyl (C=O) groups is 1. The number of fused-ring (bicyclic) bond motifs is 1. The molecule has 0 spiro atoms. The first-order valence-electron chi connectivity index (χ1n) is 9.18. The van der Waals surface area contributed by atoms with E-state index in [-0.39, 0.29) is 11.7 Å². The Kier molecular flexibility index (Phi) is 4.74. The van der Waals surface area contributed by atoms with Crippen LogP contribution in [0.3, 0.4) is 0 Å². The third kappa shape index (κ3) is 3.50. The molecule has 1 unspecified atom stereocenters. The average Bonchev–Trinajstić information content (AvgIpc) is 2.67. The van der Waals surface area contributed by atoms with Gasteiger partial charge in [0, 0.05) is 50.9 Å². The van der Waals surface area contributed by atoms with Gasteiger partial charge in [-0.1, -0.05) is 24.3 Å². The number of hydrogen-bond acceptors (Lipinski definition) is 3. The molecule has 0 N–H and O–H groups in total. The summed E-state index contributed by atoms with van der Waals surface area (Å²) >= 11 is 0. The summed E-state index contributed by atoms with van der Waals surface area (Å²) in [5.74, 6) is -0.201. The number of benzene rings is 2. The molecule has 5 heteroatoms. The van der Waals surface area contributed by atoms with Crippen molar-refractivity contribution >= 4 is 5.91 Å². The highest BCUT2D eigenvalue weighted by Crippen LogP contribution is 2.23. The molecule has 0 saturated carbocycles. The van der Waals surface area contributed by atoms with Crippen molar-refractivity contribution in [3.05, 3.63) is 59.9 Å². The predicted octanol–water partition coefficient (Wildman–Crippen LogP) is 2.56. The van der Waals surface area contributed by atoms with E-state index in [1.54, 1.807) is 6.07 Å². The average molecular weight is 353 g/mol. The van der Waals surface area contributed by atoms with Crippen molar-refractivity contribution in [1.82, 2.24) is 14.7 Å². The number of likely N-dealkylation sites (N-methyl/N-ethyl adjacent to an activating group) is 1. The van der Waals surface area contributed by atoms with Crippen molar-refractivity contribution < 1.29 is 9.18 Å². The minimum absolute atomic E-state index is 0.0659. The molecule has 0 radical (unpaired) electrons. The van der Waals surface area contributed by atoms with Gasteiger partial charge in [0.15, 0.2) is 0 Å². The molecule has 2 saturated heterocycles. The van der Waals surface area contributed by atoms with Crippen LogP contribution in [0.1, 0.15) is 10.4 Å². The zero-order chi connectivity index (χ0) is 18.1. The van der Waals surface area contributed by atoms with E-state index in [0.717, 1.165) is 50.4 Å². The van der Waals surface area contributed by atoms with Crippen molar-refractivity contribution in [2.45, 2.75) is 6.04 Å². The molecule has 2 aliphatic heterocycles. The maximum atomic E-state index is 13.5. The van der Waals surface area contributed by atoms with Crippen molar-refractivity contribution in [3.8, 4) is 11.1 Å². The van der Waals surface area contributed by atoms with Crippen LogP contribution in [-0.2, 0) is 0 Å². The minimum atomic E-state index is -0.267. The Labute approximate surface area is 153 Å². The van der Waals surface area contributed by atoms with E-state index in [1.807, 2.05) is 35.2 Å². The van der Waals surface area contributed by atoms with Crippen molar-refractivity contribution in [1.29, 1.82) is 0 Å². The SMILES string of the molecule is CN1CCN2CCN(C(=O)c3cccc(-c4cccc(F)c4)c3)CC2C1. The summed E-state index contributed by atoms with van der Waals surface area (Å²) < 4.78 is 13.5. The standard InChI is InChI=1S/C21H24FN3O/c1-23-8-9-24-10-11-25(15-20(24)14-23)21(26)18-6-2-4-16(12-18)17-5-3-7-19(22)13-17/h2-7,12-13,20H,8-11,14-15H2,1H3. The van der Waals surface area contributed by atoms with Crippen LogP contribution in [0.5, 0.6) is 0 Å². The Hall–Kier alpha value is -2.24. The summed E-state index contributed by atoms with van der Waals surface area (Å²) in [5.41, 5.74) is 2.33. The van der Waals surface area contributed by atoms with Crippen LogP contribution < -0.4 is 0 Å². The maximum absolute atomic E-state index is 13.5. The lowest BCUT2D eigenvalue weighted by molar-refractivity contribution is 0.0190. The quantitative estimate of drug-likeness (QED) is 0.830. The van der Waals surface area contributed by atoms with E-state index >= 15 is 0 Å². The van der Waals surface area contributed by atoms with Gasteiger partial charge in [-0.3, -0.25) is 9.69 Å². The van der Waals surface area contributed by atoms with Crippen molar-refractivity contribution in [3.63, 3.8) is 0 Å². The summed E-state index contributed by atoms with van der Waals surface area (Å²) in [7, 11) is 2.14. The van der Waals surface area contributed by atoms with Crippen LogP contribution in [-0.4, -0.2) is 73.0 Å². The lowest BCUT2D eigenvalue weighted by Gasteiger charge is -2.46. The highest BCUT2D eigenvalue weighted by molar-refractivity contribution is 5.95. The Morgan fingerprint density at radius 1 is 0.962 bits per heavy atom. The Morgan fingerprint density at radius 2 is 1.69 bits per heavy atom. The lowest BCUT2D eigenvalue weighted by Crippen LogP contribution is -2.62. The molecule has 0 aromatic heterocycles. The fourth-order valence-electron chi connectivity index (χ4n) is 3.98. The number of halogens is 1. The van der Waals surface area contributed by atoms with Crippen molar-refractivity contribution in [2.75, 3.05) is 46.3 Å². The molecule has 26 heavy (non-hydrogen) atoms. The van der Waals surface area contributed by atoms with Gasteiger partial charge in [-0.15, -0.1) is 0 Å². The molecule has 0 aliphatic carbocycles. The number of rotatable bonds is 2. The van der Waals surface area contributed by atoms with Crippen LogP contribution in [0.4, 0.5) is 4.39 Å². The lowest BCUT2D eigenvalue weighted by atomic mass is 10.0. The molecule has 2 aromatic rings. The van der Waals surface area contributed by atoms with E-state index in [0.29, 0.717) is 11.6 Å². The molecular formula is C21H24FN3O. The Morgan fingerprint density at radius 3 is 2.50 bits per heavy atom. The molecule has 1 atom stereocenters. The molecule has 4 rings (SSSR count). The summed E-state index contributed by atoms with van der Waals surface area (Å²) in [6, 6.07) is 14.4. The highest BCUT2D eigenvalue weighted by Gasteiger charge is 2.33. The van der Waals surface area contributed by atoms with E-state index < -0.39 is 0 Å². The normalized spacial score (nSPS) is 21.5. The smallest absolute Gasteiger partial charge is 0.253 e. The maximum Gasteiger partial charge on any atom is 0.253 e. The van der Waals surface area contributed by atoms with Gasteiger partial charge in [0.25, 0.3) is 5.91 Å². The monoisotopic (exact) mass is 353 g/mol. The van der Waals surface area contributed by atoms with Gasteiger partial charge in [0.05, 0.1) is 0 Å². The first kappa shape index (κ1) is 17.2. The summed E-state index contributed by atoms with van der Waals surface area (Å²) in [6.45, 7) is 5.66. The van der Waals surface area contributed by atoms with Gasteiger partial charge >= 0.3 is 0 Å². The third-order valence-corrected chi connectivity index (χ3v) is 5.45. The molecule has 2 aromatic carbocycles. The summed E-state index contributed by atoms with van der Waals surface area (Å²) in [4.78, 5) is 19.8. The Balaban J connectivity index is 1.52. The third-order valence-electron chi connectivity index (χ3n) is 5.45. The predicted molar refractivity (Wildman–Crippen MR) is 101 cm³/mol. The topological polar surface area (TPSA) is 26.8 Å². The summed E-state index contributed by atoms with van der Waals surface area (Å²) in [6.07, 6.45) is 0. The first-order valence-corrected chi connectivity index (χ1v) is 9.18. The van der Waals surface area contributed by atoms with E-state index in [4.69, 9.17) is 0 Å². The molecular weight excluding hydrogens is 329 g/mol. The Bertz CT molecular complexity index is 809. The van der Waals surface area contributed by atoms with Gasteiger partial charge in [0.1, 0.15) is 5.82 Å². The van der Waals surface area contributed by atoms with Crippen LogP contribution >= 0.6 is 0 Å². The van der Waals surface area contributed by atoms with Gasteiger partial charge in [-0.05, 0) is 42.4 Å². The molecule has 2 fully saturated rings. The van der Waals surface area contributed by atoms with Crippen molar-refractivity contribution in [2.24, 2.45) is 0 Å². The minimum Gasteiger partial charge on any atom is -0.336 e. The van der Waals surface area contributed by atoms with Gasteiger partial charge in [-0.25, -0.2) is 4.39 Å². The van der Waals surface area contributed by atoms with E-state index in [1.165, 1.54) is 12.1 Å². The van der Waals surface area contributed by atoms with Crippen LogP contribution in [0.25, 0.3) is 11.1 Å². The molecule has 2 aliphatic rings. The second-order valence-corrected chi connectivity index (χ2v) is 7.29. The van der Waals surface area contributed by atoms with Crippen LogP contribution in [0.15, 0.2) is 48.5 Å². The number of amides is 1. The highest BCUT2D eigenvalue weighted by atomic mass is 19.1. The largest absolute Gasteiger partial charge is 0.336 e. The van der Waals surface area contributed by atoms with Crippen LogP contribution in [0.2, 0.25) is 0 Å². The molecule has 0 bridgehead atoms. The summed E-state index contributed by atoms with van der Waals surface area (Å²) in [5, 5.41) is 0. The molecule has 1 amide bonds. The number of hydrogen-bond donors (Lipinski definition) is 0. The number of nitrogens with zero attached hydrogens (tertiary/aromatic N) is 3. The number of piperazine rings is 2. The second-order valence-electron chi connectivity index (χ2n) is 7.29. The fourth-order valence-corrected chi connectivity index (χ4v) is 3.98. The second kappa shape index (κ2) is 7.17. The van der Waals surface area contributed by atoms with E-state index in [2.05, 4.69) is 16.8 Å². The van der Waals surface area contributed by atoms with Crippen LogP contribution in [0, 0.1) is 5.82 Å².